The number of carbonyl (C=O) groups excluding carboxylic acids is 1. The summed E-state index contributed by atoms with van der Waals surface area (Å²) >= 11 is 0. The van der Waals surface area contributed by atoms with E-state index in [1.807, 2.05) is 43.8 Å². The zero-order valence-corrected chi connectivity index (χ0v) is 17.8. The van der Waals surface area contributed by atoms with Crippen molar-refractivity contribution in [2.45, 2.75) is 33.6 Å². The van der Waals surface area contributed by atoms with Crippen LogP contribution in [0.5, 0.6) is 0 Å². The summed E-state index contributed by atoms with van der Waals surface area (Å²) in [5.41, 5.74) is 6.09. The van der Waals surface area contributed by atoms with Gasteiger partial charge in [0.1, 0.15) is 0 Å². The Morgan fingerprint density at radius 1 is 1.03 bits per heavy atom. The number of amides is 1. The van der Waals surface area contributed by atoms with Crippen LogP contribution in [-0.4, -0.2) is 40.7 Å². The Morgan fingerprint density at radius 2 is 1.72 bits per heavy atom. The van der Waals surface area contributed by atoms with Crippen molar-refractivity contribution in [2.24, 2.45) is 0 Å². The Hall–Kier alpha value is -2.92. The van der Waals surface area contributed by atoms with Crippen molar-refractivity contribution >= 4 is 11.6 Å². The van der Waals surface area contributed by atoms with E-state index >= 15 is 0 Å². The number of aryl methyl sites for hydroxylation is 3. The molecule has 2 aromatic carbocycles. The predicted octanol–water partition coefficient (Wildman–Crippen LogP) is 4.30. The molecule has 5 nitrogen and oxygen atoms in total. The van der Waals surface area contributed by atoms with Gasteiger partial charge in [0, 0.05) is 0 Å². The summed E-state index contributed by atoms with van der Waals surface area (Å²) in [6, 6.07) is 18.7. The van der Waals surface area contributed by atoms with E-state index in [1.54, 1.807) is 0 Å². The van der Waals surface area contributed by atoms with Gasteiger partial charge in [-0.25, -0.2) is 4.68 Å². The van der Waals surface area contributed by atoms with Crippen LogP contribution in [0.4, 0.5) is 5.69 Å². The fourth-order valence-corrected chi connectivity index (χ4v) is 3.46. The summed E-state index contributed by atoms with van der Waals surface area (Å²) in [5, 5.41) is 7.67. The van der Waals surface area contributed by atoms with Crippen molar-refractivity contribution in [1.82, 2.24) is 14.7 Å². The Balaban J connectivity index is 1.55. The van der Waals surface area contributed by atoms with Crippen molar-refractivity contribution in [3.63, 3.8) is 0 Å². The summed E-state index contributed by atoms with van der Waals surface area (Å²) in [6.45, 7) is 7.22. The van der Waals surface area contributed by atoms with E-state index in [9.17, 15) is 4.79 Å². The molecule has 0 fully saturated rings. The van der Waals surface area contributed by atoms with E-state index in [4.69, 9.17) is 0 Å². The van der Waals surface area contributed by atoms with E-state index in [0.717, 1.165) is 42.1 Å². The van der Waals surface area contributed by atoms with Gasteiger partial charge >= 0.3 is 0 Å². The molecule has 5 heteroatoms. The van der Waals surface area contributed by atoms with Gasteiger partial charge in [-0.2, -0.15) is 5.10 Å². The van der Waals surface area contributed by atoms with Crippen molar-refractivity contribution in [3.8, 4) is 5.69 Å². The Labute approximate surface area is 173 Å². The number of nitrogens with zero attached hydrogens (tertiary/aromatic N) is 3. The van der Waals surface area contributed by atoms with Crippen molar-refractivity contribution in [2.75, 3.05) is 25.5 Å². The number of hydrogen-bond acceptors (Lipinski definition) is 3. The van der Waals surface area contributed by atoms with Crippen LogP contribution in [0.2, 0.25) is 0 Å². The fourth-order valence-electron chi connectivity index (χ4n) is 3.46. The molecule has 3 aromatic rings. The first-order valence-corrected chi connectivity index (χ1v) is 10.1. The maximum Gasteiger partial charge on any atom is 0.238 e. The van der Waals surface area contributed by atoms with Crippen LogP contribution in [-0.2, 0) is 11.2 Å². The average molecular weight is 391 g/mol. The first kappa shape index (κ1) is 20.8. The number of likely N-dealkylation sites (N-methyl/N-ethyl adjacent to an activating group) is 1. The number of anilines is 1. The maximum atomic E-state index is 12.6. The van der Waals surface area contributed by atoms with Gasteiger partial charge < -0.3 is 5.32 Å². The third-order valence-corrected chi connectivity index (χ3v) is 5.10. The minimum atomic E-state index is -0.0122. The van der Waals surface area contributed by atoms with Crippen LogP contribution in [0.3, 0.4) is 0 Å². The summed E-state index contributed by atoms with van der Waals surface area (Å²) in [7, 11) is 1.99. The number of aromatic nitrogens is 2. The number of hydrogen-bond donors (Lipinski definition) is 1. The minimum Gasteiger partial charge on any atom is -0.322 e. The molecule has 3 rings (SSSR count). The van der Waals surface area contributed by atoms with Gasteiger partial charge in [-0.15, -0.1) is 0 Å². The van der Waals surface area contributed by atoms with Gasteiger partial charge in [0.05, 0.1) is 29.3 Å². The maximum absolute atomic E-state index is 12.6. The molecular formula is C24H30N4O. The zero-order chi connectivity index (χ0) is 20.8. The molecule has 0 aliphatic heterocycles. The molecule has 0 aliphatic carbocycles. The smallest absolute Gasteiger partial charge is 0.238 e. The Morgan fingerprint density at radius 3 is 2.41 bits per heavy atom. The first-order valence-electron chi connectivity index (χ1n) is 10.1. The number of rotatable bonds is 8. The monoisotopic (exact) mass is 390 g/mol. The van der Waals surface area contributed by atoms with Crippen LogP contribution in [0, 0.1) is 20.8 Å². The van der Waals surface area contributed by atoms with Crippen LogP contribution < -0.4 is 5.32 Å². The van der Waals surface area contributed by atoms with E-state index in [2.05, 4.69) is 58.6 Å². The molecular weight excluding hydrogens is 360 g/mol. The Kier molecular flexibility index (Phi) is 6.83. The summed E-state index contributed by atoms with van der Waals surface area (Å²) < 4.78 is 1.88. The lowest BCUT2D eigenvalue weighted by atomic mass is 10.1. The topological polar surface area (TPSA) is 50.2 Å². The third kappa shape index (κ3) is 5.55. The lowest BCUT2D eigenvalue weighted by Gasteiger charge is -2.16. The second-order valence-electron chi connectivity index (χ2n) is 7.67. The van der Waals surface area contributed by atoms with Crippen LogP contribution >= 0.6 is 0 Å². The van der Waals surface area contributed by atoms with Crippen LogP contribution in [0.25, 0.3) is 5.69 Å². The van der Waals surface area contributed by atoms with E-state index in [1.165, 1.54) is 11.1 Å². The quantitative estimate of drug-likeness (QED) is 0.624. The highest BCUT2D eigenvalue weighted by Crippen LogP contribution is 2.23. The lowest BCUT2D eigenvalue weighted by molar-refractivity contribution is -0.117. The molecule has 0 aliphatic rings. The van der Waals surface area contributed by atoms with E-state index in [0.29, 0.717) is 6.54 Å². The SMILES string of the molecule is Cc1ccc(-n2nc(C)c(NC(=O)CN(C)CCCc3ccccc3)c2C)cc1. The molecule has 0 saturated heterocycles. The molecule has 0 unspecified atom stereocenters. The average Bonchev–Trinajstić information content (AvgIpc) is 2.97. The summed E-state index contributed by atoms with van der Waals surface area (Å²) in [6.07, 6.45) is 2.05. The second-order valence-corrected chi connectivity index (χ2v) is 7.67. The minimum absolute atomic E-state index is 0.0122. The van der Waals surface area contributed by atoms with Crippen molar-refractivity contribution in [3.05, 3.63) is 77.1 Å². The standard InChI is InChI=1S/C24H30N4O/c1-18-12-14-22(15-13-18)28-20(3)24(19(2)26-28)25-23(29)17-27(4)16-8-11-21-9-6-5-7-10-21/h5-7,9-10,12-15H,8,11,16-17H2,1-4H3,(H,25,29). The van der Waals surface area contributed by atoms with Gasteiger partial charge in [-0.3, -0.25) is 9.69 Å². The predicted molar refractivity (Wildman–Crippen MR) is 119 cm³/mol. The van der Waals surface area contributed by atoms with Gasteiger partial charge in [0.15, 0.2) is 0 Å². The molecule has 152 valence electrons. The highest BCUT2D eigenvalue weighted by molar-refractivity contribution is 5.93. The number of benzene rings is 2. The first-order chi connectivity index (χ1) is 13.9. The van der Waals surface area contributed by atoms with E-state index in [-0.39, 0.29) is 5.91 Å². The molecule has 0 atom stereocenters. The highest BCUT2D eigenvalue weighted by Gasteiger charge is 2.16. The second kappa shape index (κ2) is 9.52. The molecule has 0 bridgehead atoms. The molecule has 1 N–H and O–H groups in total. The molecule has 1 aromatic heterocycles. The summed E-state index contributed by atoms with van der Waals surface area (Å²) in [5.74, 6) is -0.0122. The molecule has 0 radical (unpaired) electrons. The number of carbonyl (C=O) groups is 1. The van der Waals surface area contributed by atoms with Crippen molar-refractivity contribution < 1.29 is 4.79 Å². The van der Waals surface area contributed by atoms with Gasteiger partial charge in [0.25, 0.3) is 0 Å². The molecule has 0 saturated carbocycles. The third-order valence-electron chi connectivity index (χ3n) is 5.10. The van der Waals surface area contributed by atoms with E-state index < -0.39 is 0 Å². The van der Waals surface area contributed by atoms with Gasteiger partial charge in [-0.05, 0) is 64.9 Å². The Bertz CT molecular complexity index is 945. The normalized spacial score (nSPS) is 11.1. The molecule has 29 heavy (non-hydrogen) atoms. The molecule has 1 heterocycles. The highest BCUT2D eigenvalue weighted by atomic mass is 16.2. The molecule has 1 amide bonds. The molecule has 0 spiro atoms. The fraction of sp³-hybridized carbons (Fsp3) is 0.333. The summed E-state index contributed by atoms with van der Waals surface area (Å²) in [4.78, 5) is 14.6. The lowest BCUT2D eigenvalue weighted by Crippen LogP contribution is -2.31. The van der Waals surface area contributed by atoms with Crippen molar-refractivity contribution in [1.29, 1.82) is 0 Å². The van der Waals surface area contributed by atoms with Crippen LogP contribution in [0.15, 0.2) is 54.6 Å². The van der Waals surface area contributed by atoms with Gasteiger partial charge in [0.2, 0.25) is 5.91 Å². The number of nitrogens with one attached hydrogen (secondary N) is 1. The largest absolute Gasteiger partial charge is 0.322 e. The van der Waals surface area contributed by atoms with Crippen LogP contribution in [0.1, 0.15) is 28.9 Å². The van der Waals surface area contributed by atoms with Gasteiger partial charge in [-0.1, -0.05) is 48.0 Å². The zero-order valence-electron chi connectivity index (χ0n) is 17.8.